The SMILES string of the molecule is Cc1cnc(CNCC2CCC(=O)N2)cn1. The quantitative estimate of drug-likeness (QED) is 0.758. The highest BCUT2D eigenvalue weighted by Gasteiger charge is 2.19. The second kappa shape index (κ2) is 5.03. The molecule has 0 spiro atoms. The molecule has 1 aromatic heterocycles. The Morgan fingerprint density at radius 1 is 1.50 bits per heavy atom. The molecule has 0 saturated carbocycles. The topological polar surface area (TPSA) is 66.9 Å². The number of carbonyl (C=O) groups is 1. The number of carbonyl (C=O) groups excluding carboxylic acids is 1. The molecule has 1 aliphatic rings. The molecule has 1 atom stereocenters. The molecule has 2 N–H and O–H groups in total. The molecular formula is C11H16N4O. The van der Waals surface area contributed by atoms with Gasteiger partial charge in [-0.15, -0.1) is 0 Å². The van der Waals surface area contributed by atoms with Crippen molar-refractivity contribution in [1.29, 1.82) is 0 Å². The number of hydrogen-bond acceptors (Lipinski definition) is 4. The fourth-order valence-corrected chi connectivity index (χ4v) is 1.72. The third-order valence-corrected chi connectivity index (χ3v) is 2.62. The van der Waals surface area contributed by atoms with E-state index in [-0.39, 0.29) is 11.9 Å². The Morgan fingerprint density at radius 3 is 3.00 bits per heavy atom. The van der Waals surface area contributed by atoms with E-state index in [1.807, 2.05) is 6.92 Å². The van der Waals surface area contributed by atoms with Crippen LogP contribution in [0.5, 0.6) is 0 Å². The maximum absolute atomic E-state index is 11.0. The fraction of sp³-hybridized carbons (Fsp3) is 0.545. The van der Waals surface area contributed by atoms with Gasteiger partial charge in [-0.3, -0.25) is 14.8 Å². The lowest BCUT2D eigenvalue weighted by Crippen LogP contribution is -2.35. The van der Waals surface area contributed by atoms with Gasteiger partial charge in [-0.25, -0.2) is 0 Å². The van der Waals surface area contributed by atoms with E-state index < -0.39 is 0 Å². The van der Waals surface area contributed by atoms with Gasteiger partial charge in [0.25, 0.3) is 0 Å². The first kappa shape index (κ1) is 11.0. The van der Waals surface area contributed by atoms with Crippen LogP contribution in [0.3, 0.4) is 0 Å². The predicted octanol–water partition coefficient (Wildman–Crippen LogP) is 0.153. The summed E-state index contributed by atoms with van der Waals surface area (Å²) in [5.41, 5.74) is 1.85. The molecule has 1 aliphatic heterocycles. The van der Waals surface area contributed by atoms with Crippen LogP contribution in [0.15, 0.2) is 12.4 Å². The summed E-state index contributed by atoms with van der Waals surface area (Å²) < 4.78 is 0. The lowest BCUT2D eigenvalue weighted by atomic mass is 10.2. The second-order valence-electron chi connectivity index (χ2n) is 4.08. The molecule has 1 saturated heterocycles. The fourth-order valence-electron chi connectivity index (χ4n) is 1.72. The van der Waals surface area contributed by atoms with Gasteiger partial charge < -0.3 is 10.6 Å². The summed E-state index contributed by atoms with van der Waals surface area (Å²) in [6.45, 7) is 3.40. The molecule has 0 radical (unpaired) electrons. The van der Waals surface area contributed by atoms with Crippen LogP contribution in [0.25, 0.3) is 0 Å². The van der Waals surface area contributed by atoms with E-state index in [0.29, 0.717) is 13.0 Å². The number of nitrogens with one attached hydrogen (secondary N) is 2. The molecule has 2 heterocycles. The van der Waals surface area contributed by atoms with Crippen LogP contribution in [0, 0.1) is 6.92 Å². The van der Waals surface area contributed by atoms with E-state index >= 15 is 0 Å². The number of nitrogens with zero attached hydrogens (tertiary/aromatic N) is 2. The second-order valence-corrected chi connectivity index (χ2v) is 4.08. The number of aryl methyl sites for hydroxylation is 1. The Balaban J connectivity index is 1.72. The minimum atomic E-state index is 0.155. The highest BCUT2D eigenvalue weighted by molar-refractivity contribution is 5.78. The standard InChI is InChI=1S/C11H16N4O/c1-8-4-14-10(7-13-8)6-12-5-9-2-3-11(16)15-9/h4,7,9,12H,2-3,5-6H2,1H3,(H,15,16). The van der Waals surface area contributed by atoms with Gasteiger partial charge in [-0.2, -0.15) is 0 Å². The normalized spacial score (nSPS) is 19.8. The van der Waals surface area contributed by atoms with Gasteiger partial charge >= 0.3 is 0 Å². The summed E-state index contributed by atoms with van der Waals surface area (Å²) in [7, 11) is 0. The largest absolute Gasteiger partial charge is 0.352 e. The molecule has 0 bridgehead atoms. The average Bonchev–Trinajstić information content (AvgIpc) is 2.67. The van der Waals surface area contributed by atoms with Crippen molar-refractivity contribution >= 4 is 5.91 Å². The zero-order valence-electron chi connectivity index (χ0n) is 9.36. The molecule has 1 amide bonds. The van der Waals surface area contributed by atoms with E-state index in [1.165, 1.54) is 0 Å². The molecular weight excluding hydrogens is 204 g/mol. The number of amides is 1. The zero-order valence-corrected chi connectivity index (χ0v) is 9.36. The molecule has 0 aromatic carbocycles. The lowest BCUT2D eigenvalue weighted by Gasteiger charge is -2.10. The number of hydrogen-bond donors (Lipinski definition) is 2. The van der Waals surface area contributed by atoms with Crippen LogP contribution >= 0.6 is 0 Å². The van der Waals surface area contributed by atoms with Crippen LogP contribution in [-0.2, 0) is 11.3 Å². The highest BCUT2D eigenvalue weighted by Crippen LogP contribution is 2.05. The molecule has 5 nitrogen and oxygen atoms in total. The van der Waals surface area contributed by atoms with Crippen molar-refractivity contribution in [2.75, 3.05) is 6.54 Å². The highest BCUT2D eigenvalue weighted by atomic mass is 16.1. The smallest absolute Gasteiger partial charge is 0.220 e. The van der Waals surface area contributed by atoms with Crippen molar-refractivity contribution in [2.24, 2.45) is 0 Å². The molecule has 1 aromatic rings. The predicted molar refractivity (Wildman–Crippen MR) is 59.6 cm³/mol. The first-order valence-electron chi connectivity index (χ1n) is 5.51. The van der Waals surface area contributed by atoms with Gasteiger partial charge in [0.2, 0.25) is 5.91 Å². The molecule has 5 heteroatoms. The Bertz CT molecular complexity index is 363. The number of rotatable bonds is 4. The summed E-state index contributed by atoms with van der Waals surface area (Å²) in [6, 6.07) is 0.269. The Hall–Kier alpha value is -1.49. The van der Waals surface area contributed by atoms with E-state index in [0.717, 1.165) is 24.4 Å². The van der Waals surface area contributed by atoms with Crippen molar-refractivity contribution in [3.63, 3.8) is 0 Å². The number of aromatic nitrogens is 2. The average molecular weight is 220 g/mol. The van der Waals surface area contributed by atoms with Gasteiger partial charge in [-0.1, -0.05) is 0 Å². The molecule has 1 unspecified atom stereocenters. The summed E-state index contributed by atoms with van der Waals surface area (Å²) in [5, 5.41) is 6.18. The van der Waals surface area contributed by atoms with Crippen molar-refractivity contribution in [3.05, 3.63) is 23.8 Å². The Labute approximate surface area is 94.7 Å². The summed E-state index contributed by atoms with van der Waals surface area (Å²) in [4.78, 5) is 19.4. The van der Waals surface area contributed by atoms with Crippen molar-refractivity contribution in [1.82, 2.24) is 20.6 Å². The van der Waals surface area contributed by atoms with Gasteiger partial charge in [-0.05, 0) is 13.3 Å². The Morgan fingerprint density at radius 2 is 2.38 bits per heavy atom. The van der Waals surface area contributed by atoms with E-state index in [4.69, 9.17) is 0 Å². The van der Waals surface area contributed by atoms with Crippen LogP contribution < -0.4 is 10.6 Å². The first-order chi connectivity index (χ1) is 7.74. The zero-order chi connectivity index (χ0) is 11.4. The third-order valence-electron chi connectivity index (χ3n) is 2.62. The summed E-state index contributed by atoms with van der Waals surface area (Å²) >= 11 is 0. The van der Waals surface area contributed by atoms with Crippen molar-refractivity contribution in [2.45, 2.75) is 32.4 Å². The monoisotopic (exact) mass is 220 g/mol. The van der Waals surface area contributed by atoms with Crippen LogP contribution in [0.1, 0.15) is 24.2 Å². The lowest BCUT2D eigenvalue weighted by molar-refractivity contribution is -0.119. The summed E-state index contributed by atoms with van der Waals surface area (Å²) in [6.07, 6.45) is 5.10. The third kappa shape index (κ3) is 3.00. The van der Waals surface area contributed by atoms with Crippen molar-refractivity contribution < 1.29 is 4.79 Å². The van der Waals surface area contributed by atoms with Gasteiger partial charge in [0.15, 0.2) is 0 Å². The first-order valence-corrected chi connectivity index (χ1v) is 5.51. The van der Waals surface area contributed by atoms with Gasteiger partial charge in [0, 0.05) is 37.9 Å². The molecule has 1 fully saturated rings. The maximum atomic E-state index is 11.0. The van der Waals surface area contributed by atoms with Crippen LogP contribution in [0.2, 0.25) is 0 Å². The minimum absolute atomic E-state index is 0.155. The van der Waals surface area contributed by atoms with Crippen molar-refractivity contribution in [3.8, 4) is 0 Å². The molecule has 0 aliphatic carbocycles. The molecule has 16 heavy (non-hydrogen) atoms. The van der Waals surface area contributed by atoms with E-state index in [1.54, 1.807) is 12.4 Å². The molecule has 2 rings (SSSR count). The Kier molecular flexibility index (Phi) is 3.46. The van der Waals surface area contributed by atoms with Gasteiger partial charge in [0.05, 0.1) is 11.4 Å². The van der Waals surface area contributed by atoms with E-state index in [2.05, 4.69) is 20.6 Å². The maximum Gasteiger partial charge on any atom is 0.220 e. The van der Waals surface area contributed by atoms with E-state index in [9.17, 15) is 4.79 Å². The molecule has 86 valence electrons. The van der Waals surface area contributed by atoms with Crippen LogP contribution in [-0.4, -0.2) is 28.5 Å². The summed E-state index contributed by atoms with van der Waals surface area (Å²) in [5.74, 6) is 0.155. The van der Waals surface area contributed by atoms with Crippen LogP contribution in [0.4, 0.5) is 0 Å². The van der Waals surface area contributed by atoms with Gasteiger partial charge in [0.1, 0.15) is 0 Å². The minimum Gasteiger partial charge on any atom is -0.352 e.